The van der Waals surface area contributed by atoms with Gasteiger partial charge in [-0.2, -0.15) is 0 Å². The molecule has 0 saturated heterocycles. The number of hydrogen-bond donors (Lipinski definition) is 1. The molecule has 1 fully saturated rings. The third-order valence-corrected chi connectivity index (χ3v) is 4.22. The van der Waals surface area contributed by atoms with Gasteiger partial charge < -0.3 is 19.5 Å². The zero-order valence-electron chi connectivity index (χ0n) is 14.0. The molecule has 2 rings (SSSR count). The van der Waals surface area contributed by atoms with Crippen molar-refractivity contribution in [1.29, 1.82) is 0 Å². The number of benzene rings is 1. The molecule has 1 amide bonds. The summed E-state index contributed by atoms with van der Waals surface area (Å²) in [5.74, 6) is -0.552. The SMILES string of the molecule is COc1c(C)cc(C(=O)O)c(N(C)C(C)=O)c1OC1CCCC1. The summed E-state index contributed by atoms with van der Waals surface area (Å²) in [5.41, 5.74) is 0.951. The van der Waals surface area contributed by atoms with Crippen molar-refractivity contribution in [1.82, 2.24) is 0 Å². The predicted octanol–water partition coefficient (Wildman–Crippen LogP) is 3.01. The second-order valence-electron chi connectivity index (χ2n) is 5.86. The number of methoxy groups -OCH3 is 1. The molecule has 6 heteroatoms. The Morgan fingerprint density at radius 1 is 1.26 bits per heavy atom. The van der Waals surface area contributed by atoms with Gasteiger partial charge in [0.1, 0.15) is 5.69 Å². The summed E-state index contributed by atoms with van der Waals surface area (Å²) in [6.45, 7) is 3.15. The van der Waals surface area contributed by atoms with Gasteiger partial charge in [-0.15, -0.1) is 0 Å². The van der Waals surface area contributed by atoms with Gasteiger partial charge in [0.25, 0.3) is 0 Å². The van der Waals surface area contributed by atoms with Crippen LogP contribution in [0.25, 0.3) is 0 Å². The van der Waals surface area contributed by atoms with E-state index in [9.17, 15) is 14.7 Å². The van der Waals surface area contributed by atoms with Gasteiger partial charge in [0.2, 0.25) is 5.91 Å². The maximum Gasteiger partial charge on any atom is 0.337 e. The Morgan fingerprint density at radius 2 is 1.87 bits per heavy atom. The number of nitrogens with zero attached hydrogens (tertiary/aromatic N) is 1. The fraction of sp³-hybridized carbons (Fsp3) is 0.529. The molecule has 1 aromatic carbocycles. The van der Waals surface area contributed by atoms with Crippen LogP contribution in [0.15, 0.2) is 6.07 Å². The fourth-order valence-corrected chi connectivity index (χ4v) is 2.95. The minimum atomic E-state index is -1.10. The number of aromatic carboxylic acids is 1. The molecule has 23 heavy (non-hydrogen) atoms. The van der Waals surface area contributed by atoms with Gasteiger partial charge >= 0.3 is 5.97 Å². The third-order valence-electron chi connectivity index (χ3n) is 4.22. The van der Waals surface area contributed by atoms with Crippen LogP contribution in [0.4, 0.5) is 5.69 Å². The number of carbonyl (C=O) groups excluding carboxylic acids is 1. The maximum absolute atomic E-state index is 11.8. The van der Waals surface area contributed by atoms with E-state index in [1.54, 1.807) is 14.0 Å². The van der Waals surface area contributed by atoms with E-state index in [-0.39, 0.29) is 23.3 Å². The summed E-state index contributed by atoms with van der Waals surface area (Å²) in [5, 5.41) is 9.54. The summed E-state index contributed by atoms with van der Waals surface area (Å²) in [6, 6.07) is 1.51. The van der Waals surface area contributed by atoms with Crippen LogP contribution in [0.1, 0.15) is 48.5 Å². The molecule has 0 heterocycles. The highest BCUT2D eigenvalue weighted by atomic mass is 16.5. The number of carboxylic acid groups (broad SMARTS) is 1. The van der Waals surface area contributed by atoms with Crippen molar-refractivity contribution in [3.05, 3.63) is 17.2 Å². The van der Waals surface area contributed by atoms with Gasteiger partial charge in [-0.25, -0.2) is 4.79 Å². The first kappa shape index (κ1) is 17.1. The molecule has 1 aromatic rings. The molecule has 0 aromatic heterocycles. The highest BCUT2D eigenvalue weighted by Crippen LogP contribution is 2.44. The fourth-order valence-electron chi connectivity index (χ4n) is 2.95. The molecule has 0 radical (unpaired) electrons. The number of carboxylic acids is 1. The number of amides is 1. The lowest BCUT2D eigenvalue weighted by Gasteiger charge is -2.26. The highest BCUT2D eigenvalue weighted by Gasteiger charge is 2.29. The summed E-state index contributed by atoms with van der Waals surface area (Å²) >= 11 is 0. The van der Waals surface area contributed by atoms with Crippen molar-refractivity contribution in [2.75, 3.05) is 19.1 Å². The van der Waals surface area contributed by atoms with Gasteiger partial charge in [0.15, 0.2) is 11.5 Å². The van der Waals surface area contributed by atoms with Crippen molar-refractivity contribution < 1.29 is 24.2 Å². The molecule has 0 atom stereocenters. The smallest absolute Gasteiger partial charge is 0.337 e. The molecule has 0 bridgehead atoms. The minimum Gasteiger partial charge on any atom is -0.492 e. The van der Waals surface area contributed by atoms with E-state index in [2.05, 4.69) is 0 Å². The van der Waals surface area contributed by atoms with Crippen LogP contribution in [0, 0.1) is 6.92 Å². The summed E-state index contributed by atoms with van der Waals surface area (Å²) in [4.78, 5) is 24.8. The number of anilines is 1. The van der Waals surface area contributed by atoms with Crippen molar-refractivity contribution in [2.24, 2.45) is 0 Å². The Labute approximate surface area is 136 Å². The Balaban J connectivity index is 2.65. The van der Waals surface area contributed by atoms with Crippen molar-refractivity contribution >= 4 is 17.6 Å². The highest BCUT2D eigenvalue weighted by molar-refractivity contribution is 6.04. The average Bonchev–Trinajstić information content (AvgIpc) is 2.99. The topological polar surface area (TPSA) is 76.1 Å². The van der Waals surface area contributed by atoms with Gasteiger partial charge in [-0.05, 0) is 44.2 Å². The van der Waals surface area contributed by atoms with Crippen LogP contribution in [-0.4, -0.2) is 37.2 Å². The Bertz CT molecular complexity index is 620. The molecule has 1 saturated carbocycles. The van der Waals surface area contributed by atoms with Crippen molar-refractivity contribution in [3.63, 3.8) is 0 Å². The lowest BCUT2D eigenvalue weighted by atomic mass is 10.1. The Hall–Kier alpha value is -2.24. The van der Waals surface area contributed by atoms with Crippen molar-refractivity contribution in [3.8, 4) is 11.5 Å². The molecule has 126 valence electrons. The molecular weight excluding hydrogens is 298 g/mol. The lowest BCUT2D eigenvalue weighted by Crippen LogP contribution is -2.27. The first-order chi connectivity index (χ1) is 10.9. The van der Waals surface area contributed by atoms with E-state index >= 15 is 0 Å². The summed E-state index contributed by atoms with van der Waals surface area (Å²) in [6.07, 6.45) is 4.03. The van der Waals surface area contributed by atoms with E-state index in [0.717, 1.165) is 25.7 Å². The number of rotatable bonds is 5. The average molecular weight is 321 g/mol. The second-order valence-corrected chi connectivity index (χ2v) is 5.86. The van der Waals surface area contributed by atoms with E-state index in [1.165, 1.54) is 25.0 Å². The number of carbonyl (C=O) groups is 2. The molecular formula is C17H23NO5. The largest absolute Gasteiger partial charge is 0.492 e. The van der Waals surface area contributed by atoms with E-state index in [1.807, 2.05) is 0 Å². The summed E-state index contributed by atoms with van der Waals surface area (Å²) in [7, 11) is 3.06. The second kappa shape index (κ2) is 6.89. The van der Waals surface area contributed by atoms with E-state index < -0.39 is 5.97 Å². The minimum absolute atomic E-state index is 0.0199. The molecule has 1 aliphatic rings. The number of aryl methyl sites for hydroxylation is 1. The van der Waals surface area contributed by atoms with Gasteiger partial charge in [0.05, 0.1) is 18.8 Å². The molecule has 6 nitrogen and oxygen atoms in total. The Morgan fingerprint density at radius 3 is 2.35 bits per heavy atom. The van der Waals surface area contributed by atoms with Crippen LogP contribution >= 0.6 is 0 Å². The maximum atomic E-state index is 11.8. The van der Waals surface area contributed by atoms with Crippen molar-refractivity contribution in [2.45, 2.75) is 45.6 Å². The molecule has 0 spiro atoms. The summed E-state index contributed by atoms with van der Waals surface area (Å²) < 4.78 is 11.5. The first-order valence-corrected chi connectivity index (χ1v) is 7.72. The van der Waals surface area contributed by atoms with E-state index in [0.29, 0.717) is 17.1 Å². The first-order valence-electron chi connectivity index (χ1n) is 7.72. The van der Waals surface area contributed by atoms with Crippen LogP contribution in [0.2, 0.25) is 0 Å². The third kappa shape index (κ3) is 3.41. The quantitative estimate of drug-likeness (QED) is 0.902. The zero-order chi connectivity index (χ0) is 17.1. The van der Waals surface area contributed by atoms with Gasteiger partial charge in [-0.1, -0.05) is 0 Å². The normalized spacial score (nSPS) is 14.6. The lowest BCUT2D eigenvalue weighted by molar-refractivity contribution is -0.116. The van der Waals surface area contributed by atoms with Crippen LogP contribution in [0.3, 0.4) is 0 Å². The van der Waals surface area contributed by atoms with Crippen LogP contribution < -0.4 is 14.4 Å². The molecule has 1 N–H and O–H groups in total. The van der Waals surface area contributed by atoms with E-state index in [4.69, 9.17) is 9.47 Å². The van der Waals surface area contributed by atoms with Gasteiger partial charge in [0, 0.05) is 14.0 Å². The van der Waals surface area contributed by atoms with Gasteiger partial charge in [-0.3, -0.25) is 4.79 Å². The predicted molar refractivity (Wildman–Crippen MR) is 86.7 cm³/mol. The molecule has 0 unspecified atom stereocenters. The molecule has 1 aliphatic carbocycles. The zero-order valence-corrected chi connectivity index (χ0v) is 14.0. The monoisotopic (exact) mass is 321 g/mol. The van der Waals surface area contributed by atoms with Crippen LogP contribution in [-0.2, 0) is 4.79 Å². The number of hydrogen-bond acceptors (Lipinski definition) is 4. The Kier molecular flexibility index (Phi) is 5.13. The standard InChI is InChI=1S/C17H23NO5/c1-10-9-13(17(20)21)14(18(3)11(2)19)16(15(10)22-4)23-12-7-5-6-8-12/h9,12H,5-8H2,1-4H3,(H,20,21). The molecule has 0 aliphatic heterocycles. The number of ether oxygens (including phenoxy) is 2. The van der Waals surface area contributed by atoms with Crippen LogP contribution in [0.5, 0.6) is 11.5 Å².